The Morgan fingerprint density at radius 2 is 1.42 bits per heavy atom. The molecule has 1 aliphatic heterocycles. The van der Waals surface area contributed by atoms with Crippen molar-refractivity contribution in [1.29, 1.82) is 0 Å². The molecule has 8 aliphatic rings. The van der Waals surface area contributed by atoms with E-state index in [1.54, 1.807) is 11.1 Å². The van der Waals surface area contributed by atoms with E-state index in [9.17, 15) is 0 Å². The average Bonchev–Trinajstić information content (AvgIpc) is 3.33. The molecule has 1 nitrogen and oxygen atoms in total. The standard InChI is InChI=1S/C18H16O/c1-2-4-8-7(3-1)14-11-12-13(11)16-17(14)5-9-10(19-9)6-18(16,17)15(8)12/h1-4,9-16H,5-6H2. The zero-order valence-electron chi connectivity index (χ0n) is 10.8. The van der Waals surface area contributed by atoms with Gasteiger partial charge < -0.3 is 4.74 Å². The minimum absolute atomic E-state index is 0.667. The van der Waals surface area contributed by atoms with Crippen LogP contribution in [-0.2, 0) is 4.74 Å². The molecule has 0 radical (unpaired) electrons. The van der Waals surface area contributed by atoms with Crippen LogP contribution in [0.2, 0.25) is 0 Å². The monoisotopic (exact) mass is 248 g/mol. The summed E-state index contributed by atoms with van der Waals surface area (Å²) in [5, 5.41) is 0. The van der Waals surface area contributed by atoms with Gasteiger partial charge in [0.05, 0.1) is 12.2 Å². The van der Waals surface area contributed by atoms with Gasteiger partial charge >= 0.3 is 0 Å². The fourth-order valence-electron chi connectivity index (χ4n) is 8.88. The summed E-state index contributed by atoms with van der Waals surface area (Å²) in [6.07, 6.45) is 4.19. The zero-order chi connectivity index (χ0) is 11.7. The molecule has 1 aromatic carbocycles. The van der Waals surface area contributed by atoms with Crippen molar-refractivity contribution in [2.24, 2.45) is 34.5 Å². The lowest BCUT2D eigenvalue weighted by atomic mass is 9.53. The van der Waals surface area contributed by atoms with Gasteiger partial charge in [-0.15, -0.1) is 0 Å². The van der Waals surface area contributed by atoms with Crippen molar-refractivity contribution >= 4 is 0 Å². The summed E-state index contributed by atoms with van der Waals surface area (Å²) in [7, 11) is 0. The third-order valence-corrected chi connectivity index (χ3v) is 8.78. The Kier molecular flexibility index (Phi) is 0.863. The first-order valence-corrected chi connectivity index (χ1v) is 8.14. The molecule has 0 amide bonds. The van der Waals surface area contributed by atoms with E-state index in [4.69, 9.17) is 4.74 Å². The number of fused-ring (bicyclic) bond motifs is 1. The normalized spacial score (nSPS) is 73.1. The molecule has 19 heavy (non-hydrogen) atoms. The maximum Gasteiger partial charge on any atom is 0.0848 e. The number of ether oxygens (including phenoxy) is 1. The number of benzene rings is 1. The molecular formula is C18H16O. The third kappa shape index (κ3) is 0.521. The van der Waals surface area contributed by atoms with E-state index in [0.717, 1.165) is 46.3 Å². The highest BCUT2D eigenvalue weighted by atomic mass is 16.6. The molecule has 0 aromatic heterocycles. The lowest BCUT2D eigenvalue weighted by Crippen LogP contribution is -2.43. The van der Waals surface area contributed by atoms with Gasteiger partial charge in [-0.25, -0.2) is 0 Å². The maximum absolute atomic E-state index is 5.96. The van der Waals surface area contributed by atoms with Crippen molar-refractivity contribution in [3.63, 3.8) is 0 Å². The molecule has 1 heteroatoms. The molecule has 6 fully saturated rings. The topological polar surface area (TPSA) is 12.5 Å². The maximum atomic E-state index is 5.96. The average molecular weight is 248 g/mol. The van der Waals surface area contributed by atoms with Gasteiger partial charge in [0.25, 0.3) is 0 Å². The summed E-state index contributed by atoms with van der Waals surface area (Å²) in [5.74, 6) is 6.34. The first kappa shape index (κ1) is 8.46. The molecule has 8 unspecified atom stereocenters. The number of hydrogen-bond acceptors (Lipinski definition) is 1. The number of rotatable bonds is 0. The third-order valence-electron chi connectivity index (χ3n) is 8.78. The molecule has 9 rings (SSSR count). The highest BCUT2D eigenvalue weighted by Gasteiger charge is 3.02. The summed E-state index contributed by atoms with van der Waals surface area (Å²) in [6, 6.07) is 9.51. The molecule has 94 valence electrons. The molecule has 5 saturated carbocycles. The summed E-state index contributed by atoms with van der Waals surface area (Å²) in [4.78, 5) is 0. The summed E-state index contributed by atoms with van der Waals surface area (Å²) in [6.45, 7) is 0. The molecular weight excluding hydrogens is 232 g/mol. The van der Waals surface area contributed by atoms with E-state index in [2.05, 4.69) is 24.3 Å². The summed E-state index contributed by atoms with van der Waals surface area (Å²) >= 11 is 0. The minimum Gasteiger partial charge on any atom is -0.370 e. The molecule has 2 spiro atoms. The lowest BCUT2D eigenvalue weighted by Gasteiger charge is -2.50. The van der Waals surface area contributed by atoms with E-state index in [-0.39, 0.29) is 0 Å². The minimum atomic E-state index is 0.667. The first-order chi connectivity index (χ1) is 9.39. The van der Waals surface area contributed by atoms with Crippen molar-refractivity contribution in [2.75, 3.05) is 0 Å². The second-order valence-electron chi connectivity index (χ2n) is 8.50. The van der Waals surface area contributed by atoms with Gasteiger partial charge in [0, 0.05) is 0 Å². The number of hydrogen-bond donors (Lipinski definition) is 0. The van der Waals surface area contributed by atoms with E-state index in [1.807, 2.05) is 0 Å². The predicted octanol–water partition coefficient (Wildman–Crippen LogP) is 2.92. The first-order valence-electron chi connectivity index (χ1n) is 8.14. The Hall–Kier alpha value is -0.820. The Morgan fingerprint density at radius 1 is 0.842 bits per heavy atom. The Morgan fingerprint density at radius 3 is 2.00 bits per heavy atom. The molecule has 1 saturated heterocycles. The van der Waals surface area contributed by atoms with Crippen molar-refractivity contribution in [3.05, 3.63) is 35.4 Å². The Labute approximate surface area is 112 Å². The molecule has 2 bridgehead atoms. The predicted molar refractivity (Wildman–Crippen MR) is 68.6 cm³/mol. The van der Waals surface area contributed by atoms with Gasteiger partial charge in [0.2, 0.25) is 0 Å². The highest BCUT2D eigenvalue weighted by Crippen LogP contribution is 3.07. The van der Waals surface area contributed by atoms with Gasteiger partial charge in [-0.3, -0.25) is 0 Å². The van der Waals surface area contributed by atoms with Crippen molar-refractivity contribution in [3.8, 4) is 0 Å². The van der Waals surface area contributed by atoms with Crippen molar-refractivity contribution < 1.29 is 4.74 Å². The molecule has 8 atom stereocenters. The second-order valence-corrected chi connectivity index (χ2v) is 8.50. The molecule has 7 aliphatic carbocycles. The van der Waals surface area contributed by atoms with Crippen LogP contribution in [0.4, 0.5) is 0 Å². The smallest absolute Gasteiger partial charge is 0.0848 e. The summed E-state index contributed by atoms with van der Waals surface area (Å²) in [5.41, 5.74) is 5.00. The van der Waals surface area contributed by atoms with Gasteiger partial charge in [-0.05, 0) is 70.3 Å². The molecule has 1 aromatic rings. The lowest BCUT2D eigenvalue weighted by molar-refractivity contribution is 0.106. The van der Waals surface area contributed by atoms with Crippen molar-refractivity contribution in [2.45, 2.75) is 36.9 Å². The van der Waals surface area contributed by atoms with E-state index in [0.29, 0.717) is 12.2 Å². The van der Waals surface area contributed by atoms with Crippen LogP contribution >= 0.6 is 0 Å². The van der Waals surface area contributed by atoms with Gasteiger partial charge in [0.15, 0.2) is 0 Å². The number of epoxide rings is 1. The van der Waals surface area contributed by atoms with E-state index in [1.165, 1.54) is 12.8 Å². The Bertz CT molecular complexity index is 652. The van der Waals surface area contributed by atoms with Crippen LogP contribution in [0.15, 0.2) is 24.3 Å². The largest absolute Gasteiger partial charge is 0.370 e. The fraction of sp³-hybridized carbons (Fsp3) is 0.667. The van der Waals surface area contributed by atoms with Crippen LogP contribution < -0.4 is 0 Å². The Balaban J connectivity index is 1.52. The second kappa shape index (κ2) is 1.94. The van der Waals surface area contributed by atoms with Crippen LogP contribution in [0.5, 0.6) is 0 Å². The van der Waals surface area contributed by atoms with E-state index < -0.39 is 0 Å². The van der Waals surface area contributed by atoms with Gasteiger partial charge in [-0.2, -0.15) is 0 Å². The molecule has 1 heterocycles. The SMILES string of the molecule is c1ccc2c(c1)C1C3C4C3C3C15CC1OC1CC35C24. The van der Waals surface area contributed by atoms with Crippen LogP contribution in [0.25, 0.3) is 0 Å². The van der Waals surface area contributed by atoms with Crippen LogP contribution in [0.1, 0.15) is 35.8 Å². The van der Waals surface area contributed by atoms with Crippen LogP contribution in [0.3, 0.4) is 0 Å². The van der Waals surface area contributed by atoms with Crippen LogP contribution in [0, 0.1) is 34.5 Å². The van der Waals surface area contributed by atoms with Gasteiger partial charge in [-0.1, -0.05) is 24.3 Å². The van der Waals surface area contributed by atoms with Crippen LogP contribution in [-0.4, -0.2) is 12.2 Å². The highest BCUT2D eigenvalue weighted by molar-refractivity contribution is 5.63. The quantitative estimate of drug-likeness (QED) is 0.643. The fourth-order valence-corrected chi connectivity index (χ4v) is 8.88. The zero-order valence-corrected chi connectivity index (χ0v) is 10.8. The summed E-state index contributed by atoms with van der Waals surface area (Å²) < 4.78 is 5.96. The van der Waals surface area contributed by atoms with E-state index >= 15 is 0 Å². The van der Waals surface area contributed by atoms with Gasteiger partial charge in [0.1, 0.15) is 0 Å². The molecule has 0 N–H and O–H groups in total. The van der Waals surface area contributed by atoms with Crippen molar-refractivity contribution in [1.82, 2.24) is 0 Å².